The third-order valence-electron chi connectivity index (χ3n) is 1.38. The Morgan fingerprint density at radius 3 is 2.75 bits per heavy atom. The second-order valence-electron chi connectivity index (χ2n) is 2.21. The first-order chi connectivity index (χ1) is 5.65. The average molecular weight is 249 g/mol. The lowest BCUT2D eigenvalue weighted by atomic mass is 10.1. The highest BCUT2D eigenvalue weighted by atomic mass is 79.9. The van der Waals surface area contributed by atoms with Crippen molar-refractivity contribution in [3.05, 3.63) is 33.3 Å². The number of Topliss-reactive ketones (excluding diaryl/α,β-unsaturated/α-hetero) is 1. The van der Waals surface area contributed by atoms with Gasteiger partial charge in [0.05, 0.1) is 5.02 Å². The highest BCUT2D eigenvalue weighted by Gasteiger charge is 2.08. The van der Waals surface area contributed by atoms with E-state index in [0.717, 1.165) is 4.47 Å². The van der Waals surface area contributed by atoms with Gasteiger partial charge in [-0.1, -0.05) is 27.5 Å². The lowest BCUT2D eigenvalue weighted by molar-refractivity contribution is 0.0904. The van der Waals surface area contributed by atoms with Crippen LogP contribution in [0.3, 0.4) is 0 Å². The van der Waals surface area contributed by atoms with Gasteiger partial charge < -0.3 is 5.11 Å². The molecule has 0 saturated carbocycles. The minimum absolute atomic E-state index is 0.349. The summed E-state index contributed by atoms with van der Waals surface area (Å²) in [6.07, 6.45) is 0. The van der Waals surface area contributed by atoms with Gasteiger partial charge in [0, 0.05) is 10.0 Å². The molecule has 0 saturated heterocycles. The number of carbonyl (C=O) groups is 1. The molecule has 0 aromatic heterocycles. The second kappa shape index (κ2) is 4.03. The molecule has 0 aliphatic carbocycles. The predicted molar refractivity (Wildman–Crippen MR) is 50.6 cm³/mol. The van der Waals surface area contributed by atoms with Gasteiger partial charge in [0.2, 0.25) is 0 Å². The van der Waals surface area contributed by atoms with Crippen LogP contribution in [0.25, 0.3) is 0 Å². The Hall–Kier alpha value is -0.380. The van der Waals surface area contributed by atoms with Crippen molar-refractivity contribution in [1.29, 1.82) is 0 Å². The summed E-state index contributed by atoms with van der Waals surface area (Å²) in [7, 11) is 0. The summed E-state index contributed by atoms with van der Waals surface area (Å²) in [5.41, 5.74) is 0.349. The van der Waals surface area contributed by atoms with Crippen molar-refractivity contribution < 1.29 is 9.90 Å². The van der Waals surface area contributed by atoms with Crippen LogP contribution in [-0.4, -0.2) is 17.5 Å². The molecular weight excluding hydrogens is 243 g/mol. The summed E-state index contributed by atoms with van der Waals surface area (Å²) >= 11 is 8.95. The summed E-state index contributed by atoms with van der Waals surface area (Å²) in [6, 6.07) is 4.89. The predicted octanol–water partition coefficient (Wildman–Crippen LogP) is 2.28. The van der Waals surface area contributed by atoms with E-state index in [4.69, 9.17) is 16.7 Å². The van der Waals surface area contributed by atoms with Crippen molar-refractivity contribution in [2.24, 2.45) is 0 Å². The maximum Gasteiger partial charge on any atom is 0.189 e. The highest BCUT2D eigenvalue weighted by molar-refractivity contribution is 9.10. The molecule has 0 heterocycles. The molecule has 1 rings (SSSR count). The normalized spacial score (nSPS) is 9.92. The number of aliphatic hydroxyl groups is 1. The minimum atomic E-state index is -0.513. The zero-order chi connectivity index (χ0) is 9.14. The van der Waals surface area contributed by atoms with Crippen molar-refractivity contribution >= 4 is 33.3 Å². The van der Waals surface area contributed by atoms with Crippen LogP contribution >= 0.6 is 27.5 Å². The van der Waals surface area contributed by atoms with Crippen LogP contribution in [0.5, 0.6) is 0 Å². The smallest absolute Gasteiger partial charge is 0.189 e. The van der Waals surface area contributed by atoms with Gasteiger partial charge in [0.1, 0.15) is 6.61 Å². The maximum absolute atomic E-state index is 11.0. The molecule has 12 heavy (non-hydrogen) atoms. The number of benzene rings is 1. The fourth-order valence-corrected chi connectivity index (χ4v) is 1.58. The van der Waals surface area contributed by atoms with Gasteiger partial charge in [0.25, 0.3) is 0 Å². The zero-order valence-electron chi connectivity index (χ0n) is 6.05. The van der Waals surface area contributed by atoms with Crippen LogP contribution in [-0.2, 0) is 0 Å². The number of hydrogen-bond donors (Lipinski definition) is 1. The molecule has 0 aliphatic rings. The van der Waals surface area contributed by atoms with Crippen molar-refractivity contribution in [2.75, 3.05) is 6.61 Å². The summed E-state index contributed by atoms with van der Waals surface area (Å²) in [5.74, 6) is -0.368. The van der Waals surface area contributed by atoms with E-state index in [1.54, 1.807) is 18.2 Å². The molecule has 0 unspecified atom stereocenters. The Morgan fingerprint density at radius 1 is 1.58 bits per heavy atom. The quantitative estimate of drug-likeness (QED) is 0.817. The van der Waals surface area contributed by atoms with Gasteiger partial charge in [-0.2, -0.15) is 0 Å². The summed E-state index contributed by atoms with van der Waals surface area (Å²) in [4.78, 5) is 11.0. The Morgan fingerprint density at radius 2 is 2.25 bits per heavy atom. The first-order valence-corrected chi connectivity index (χ1v) is 4.41. The number of rotatable bonds is 2. The minimum Gasteiger partial charge on any atom is -0.388 e. The van der Waals surface area contributed by atoms with Crippen LogP contribution in [0.4, 0.5) is 0 Å². The highest BCUT2D eigenvalue weighted by Crippen LogP contribution is 2.21. The third kappa shape index (κ3) is 2.06. The molecule has 0 atom stereocenters. The van der Waals surface area contributed by atoms with E-state index in [1.807, 2.05) is 0 Å². The molecule has 1 aromatic rings. The molecule has 64 valence electrons. The number of halogens is 2. The molecular formula is C8H6BrClO2. The molecule has 0 amide bonds. The monoisotopic (exact) mass is 248 g/mol. The lowest BCUT2D eigenvalue weighted by Gasteiger charge is -2.00. The first-order valence-electron chi connectivity index (χ1n) is 3.24. The van der Waals surface area contributed by atoms with E-state index in [9.17, 15) is 4.79 Å². The van der Waals surface area contributed by atoms with E-state index in [2.05, 4.69) is 15.9 Å². The van der Waals surface area contributed by atoms with Crippen molar-refractivity contribution in [2.45, 2.75) is 0 Å². The van der Waals surface area contributed by atoms with Crippen molar-refractivity contribution in [1.82, 2.24) is 0 Å². The molecule has 0 radical (unpaired) electrons. The van der Waals surface area contributed by atoms with Gasteiger partial charge in [-0.25, -0.2) is 0 Å². The van der Waals surface area contributed by atoms with Crippen molar-refractivity contribution in [3.63, 3.8) is 0 Å². The van der Waals surface area contributed by atoms with Crippen LogP contribution in [0.2, 0.25) is 5.02 Å². The molecule has 1 N–H and O–H groups in total. The van der Waals surface area contributed by atoms with Crippen molar-refractivity contribution in [3.8, 4) is 0 Å². The van der Waals surface area contributed by atoms with Crippen LogP contribution in [0, 0.1) is 0 Å². The van der Waals surface area contributed by atoms with E-state index in [1.165, 1.54) is 0 Å². The summed E-state index contributed by atoms with van der Waals surface area (Å²) in [5, 5.41) is 8.91. The standard InChI is InChI=1S/C8H6BrClO2/c9-5-1-2-6(7(10)3-5)8(12)4-11/h1-3,11H,4H2. The Balaban J connectivity index is 3.09. The third-order valence-corrected chi connectivity index (χ3v) is 2.18. The SMILES string of the molecule is O=C(CO)c1ccc(Br)cc1Cl. The van der Waals surface area contributed by atoms with Gasteiger partial charge in [-0.05, 0) is 18.2 Å². The van der Waals surface area contributed by atoms with Crippen LogP contribution in [0.15, 0.2) is 22.7 Å². The molecule has 0 spiro atoms. The van der Waals surface area contributed by atoms with Gasteiger partial charge in [-0.3, -0.25) is 4.79 Å². The van der Waals surface area contributed by atoms with Crippen LogP contribution in [0.1, 0.15) is 10.4 Å². The topological polar surface area (TPSA) is 37.3 Å². The van der Waals surface area contributed by atoms with Gasteiger partial charge in [0.15, 0.2) is 5.78 Å². The first kappa shape index (κ1) is 9.71. The van der Waals surface area contributed by atoms with Crippen LogP contribution < -0.4 is 0 Å². The van der Waals surface area contributed by atoms with E-state index < -0.39 is 6.61 Å². The summed E-state index contributed by atoms with van der Waals surface area (Å²) < 4.78 is 0.807. The number of aliphatic hydroxyl groups excluding tert-OH is 1. The van der Waals surface area contributed by atoms with Gasteiger partial charge in [-0.15, -0.1) is 0 Å². The molecule has 1 aromatic carbocycles. The zero-order valence-corrected chi connectivity index (χ0v) is 8.39. The molecule has 2 nitrogen and oxygen atoms in total. The molecule has 0 bridgehead atoms. The fraction of sp³-hybridized carbons (Fsp3) is 0.125. The largest absolute Gasteiger partial charge is 0.388 e. The fourth-order valence-electron chi connectivity index (χ4n) is 0.801. The molecule has 0 aliphatic heterocycles. The Kier molecular flexibility index (Phi) is 3.26. The second-order valence-corrected chi connectivity index (χ2v) is 3.53. The number of carbonyl (C=O) groups excluding carboxylic acids is 1. The van der Waals surface area contributed by atoms with E-state index in [0.29, 0.717) is 10.6 Å². The number of ketones is 1. The van der Waals surface area contributed by atoms with E-state index in [-0.39, 0.29) is 5.78 Å². The van der Waals surface area contributed by atoms with E-state index >= 15 is 0 Å². The summed E-state index contributed by atoms with van der Waals surface area (Å²) in [6.45, 7) is -0.513. The molecule has 4 heteroatoms. The maximum atomic E-state index is 11.0. The lowest BCUT2D eigenvalue weighted by Crippen LogP contribution is -2.04. The Labute approximate surface area is 83.3 Å². The average Bonchev–Trinajstić information content (AvgIpc) is 2.03. The Bertz CT molecular complexity index is 312. The molecule has 0 fully saturated rings. The number of hydrogen-bond acceptors (Lipinski definition) is 2. The van der Waals surface area contributed by atoms with Gasteiger partial charge >= 0.3 is 0 Å².